The van der Waals surface area contributed by atoms with Crippen LogP contribution < -0.4 is 10.1 Å². The summed E-state index contributed by atoms with van der Waals surface area (Å²) in [5.41, 5.74) is 4.51. The van der Waals surface area contributed by atoms with Gasteiger partial charge in [0, 0.05) is 10.9 Å². The molecule has 0 fully saturated rings. The SMILES string of the molecule is CCc1ccc(OCc2ccccc2)c(-c2csc(C(C)NC)n2)c1. The minimum atomic E-state index is 0.252. The van der Waals surface area contributed by atoms with Gasteiger partial charge in [0.1, 0.15) is 17.4 Å². The zero-order valence-electron chi connectivity index (χ0n) is 15.0. The standard InChI is InChI=1S/C21H24N2OS/c1-4-16-10-11-20(24-13-17-8-6-5-7-9-17)18(12-16)19-14-25-21(23-19)15(2)22-3/h5-12,14-15,22H,4,13H2,1-3H3. The first kappa shape index (κ1) is 17.6. The zero-order chi connectivity index (χ0) is 17.6. The van der Waals surface area contributed by atoms with Gasteiger partial charge in [0.05, 0.1) is 11.7 Å². The van der Waals surface area contributed by atoms with Gasteiger partial charge in [-0.25, -0.2) is 4.98 Å². The molecule has 0 saturated carbocycles. The van der Waals surface area contributed by atoms with Gasteiger partial charge in [-0.2, -0.15) is 0 Å². The highest BCUT2D eigenvalue weighted by Gasteiger charge is 2.14. The molecule has 0 aliphatic carbocycles. The van der Waals surface area contributed by atoms with Gasteiger partial charge in [-0.1, -0.05) is 43.3 Å². The van der Waals surface area contributed by atoms with Crippen molar-refractivity contribution in [1.29, 1.82) is 0 Å². The summed E-state index contributed by atoms with van der Waals surface area (Å²) >= 11 is 1.68. The van der Waals surface area contributed by atoms with E-state index in [9.17, 15) is 0 Å². The summed E-state index contributed by atoms with van der Waals surface area (Å²) in [7, 11) is 1.96. The number of aromatic nitrogens is 1. The topological polar surface area (TPSA) is 34.1 Å². The van der Waals surface area contributed by atoms with E-state index in [1.807, 2.05) is 25.2 Å². The summed E-state index contributed by atoms with van der Waals surface area (Å²) in [5.74, 6) is 0.884. The van der Waals surface area contributed by atoms with Crippen molar-refractivity contribution in [1.82, 2.24) is 10.3 Å². The second kappa shape index (κ2) is 8.28. The molecule has 3 rings (SSSR count). The van der Waals surface area contributed by atoms with E-state index >= 15 is 0 Å². The number of thiazole rings is 1. The van der Waals surface area contributed by atoms with Gasteiger partial charge < -0.3 is 10.1 Å². The van der Waals surface area contributed by atoms with Crippen LogP contribution >= 0.6 is 11.3 Å². The smallest absolute Gasteiger partial charge is 0.129 e. The average Bonchev–Trinajstić information content (AvgIpc) is 3.16. The molecule has 1 heterocycles. The van der Waals surface area contributed by atoms with Crippen molar-refractivity contribution in [2.45, 2.75) is 32.9 Å². The van der Waals surface area contributed by atoms with Crippen LogP contribution in [0.4, 0.5) is 0 Å². The number of nitrogens with zero attached hydrogens (tertiary/aromatic N) is 1. The van der Waals surface area contributed by atoms with Crippen molar-refractivity contribution >= 4 is 11.3 Å². The molecule has 2 aromatic carbocycles. The lowest BCUT2D eigenvalue weighted by Crippen LogP contribution is -2.11. The van der Waals surface area contributed by atoms with E-state index in [0.717, 1.165) is 34.0 Å². The summed E-state index contributed by atoms with van der Waals surface area (Å²) in [6, 6.07) is 16.9. The molecule has 0 spiro atoms. The van der Waals surface area contributed by atoms with E-state index in [0.29, 0.717) is 6.61 Å². The van der Waals surface area contributed by atoms with E-state index in [4.69, 9.17) is 9.72 Å². The van der Waals surface area contributed by atoms with Crippen molar-refractivity contribution in [2.24, 2.45) is 0 Å². The third-order valence-corrected chi connectivity index (χ3v) is 5.32. The first-order chi connectivity index (χ1) is 12.2. The molecule has 3 aromatic rings. The Kier molecular flexibility index (Phi) is 5.84. The summed E-state index contributed by atoms with van der Waals surface area (Å²) in [4.78, 5) is 4.82. The Bertz CT molecular complexity index is 814. The molecule has 1 aromatic heterocycles. The molecule has 1 unspecified atom stereocenters. The normalized spacial score (nSPS) is 12.1. The molecule has 0 aliphatic heterocycles. The van der Waals surface area contributed by atoms with E-state index in [1.54, 1.807) is 11.3 Å². The number of hydrogen-bond donors (Lipinski definition) is 1. The fraction of sp³-hybridized carbons (Fsp3) is 0.286. The summed E-state index contributed by atoms with van der Waals surface area (Å²) in [5, 5.41) is 6.46. The van der Waals surface area contributed by atoms with Crippen LogP contribution in [0.25, 0.3) is 11.3 Å². The summed E-state index contributed by atoms with van der Waals surface area (Å²) < 4.78 is 6.12. The molecule has 25 heavy (non-hydrogen) atoms. The molecule has 0 aliphatic rings. The Morgan fingerprint density at radius 3 is 2.64 bits per heavy atom. The second-order valence-electron chi connectivity index (χ2n) is 6.04. The fourth-order valence-corrected chi connectivity index (χ4v) is 3.48. The molecule has 1 atom stereocenters. The highest BCUT2D eigenvalue weighted by molar-refractivity contribution is 7.10. The number of aryl methyl sites for hydroxylation is 1. The Labute approximate surface area is 153 Å². The maximum absolute atomic E-state index is 6.12. The van der Waals surface area contributed by atoms with E-state index < -0.39 is 0 Å². The number of nitrogens with one attached hydrogen (secondary N) is 1. The van der Waals surface area contributed by atoms with Crippen LogP contribution in [0, 0.1) is 0 Å². The van der Waals surface area contributed by atoms with Gasteiger partial charge in [-0.05, 0) is 43.7 Å². The Hall–Kier alpha value is -2.17. The van der Waals surface area contributed by atoms with Crippen molar-refractivity contribution in [3.8, 4) is 17.0 Å². The molecular weight excluding hydrogens is 328 g/mol. The minimum Gasteiger partial charge on any atom is -0.488 e. The summed E-state index contributed by atoms with van der Waals surface area (Å²) in [6.07, 6.45) is 0.996. The lowest BCUT2D eigenvalue weighted by molar-refractivity contribution is 0.307. The van der Waals surface area contributed by atoms with Crippen LogP contribution in [-0.2, 0) is 13.0 Å². The first-order valence-electron chi connectivity index (χ1n) is 8.64. The lowest BCUT2D eigenvalue weighted by atomic mass is 10.1. The predicted octanol–water partition coefficient (Wildman–Crippen LogP) is 5.23. The molecule has 3 nitrogen and oxygen atoms in total. The van der Waals surface area contributed by atoms with Crippen LogP contribution in [0.15, 0.2) is 53.9 Å². The van der Waals surface area contributed by atoms with Crippen molar-refractivity contribution in [3.63, 3.8) is 0 Å². The monoisotopic (exact) mass is 352 g/mol. The van der Waals surface area contributed by atoms with E-state index in [-0.39, 0.29) is 6.04 Å². The maximum atomic E-state index is 6.12. The highest BCUT2D eigenvalue weighted by atomic mass is 32.1. The number of hydrogen-bond acceptors (Lipinski definition) is 4. The zero-order valence-corrected chi connectivity index (χ0v) is 15.8. The van der Waals surface area contributed by atoms with Crippen molar-refractivity contribution in [3.05, 3.63) is 70.0 Å². The largest absolute Gasteiger partial charge is 0.488 e. The van der Waals surface area contributed by atoms with Gasteiger partial charge in [-0.3, -0.25) is 0 Å². The van der Waals surface area contributed by atoms with Gasteiger partial charge >= 0.3 is 0 Å². The number of rotatable bonds is 7. The van der Waals surface area contributed by atoms with Gasteiger partial charge in [0.2, 0.25) is 0 Å². The Balaban J connectivity index is 1.89. The molecule has 4 heteroatoms. The van der Waals surface area contributed by atoms with Crippen LogP contribution in [0.1, 0.15) is 36.0 Å². The average molecular weight is 353 g/mol. The molecular formula is C21H24N2OS. The molecule has 0 amide bonds. The van der Waals surface area contributed by atoms with Crippen molar-refractivity contribution in [2.75, 3.05) is 7.05 Å². The number of ether oxygens (including phenoxy) is 1. The van der Waals surface area contributed by atoms with Gasteiger partial charge in [0.15, 0.2) is 0 Å². The van der Waals surface area contributed by atoms with Crippen molar-refractivity contribution < 1.29 is 4.74 Å². The van der Waals surface area contributed by atoms with Crippen LogP contribution in [0.5, 0.6) is 5.75 Å². The summed E-state index contributed by atoms with van der Waals surface area (Å²) in [6.45, 7) is 4.85. The van der Waals surface area contributed by atoms with E-state index in [1.165, 1.54) is 5.56 Å². The molecule has 130 valence electrons. The quantitative estimate of drug-likeness (QED) is 0.632. The lowest BCUT2D eigenvalue weighted by Gasteiger charge is -2.12. The second-order valence-corrected chi connectivity index (χ2v) is 6.93. The predicted molar refractivity (Wildman–Crippen MR) is 105 cm³/mol. The highest BCUT2D eigenvalue weighted by Crippen LogP contribution is 2.33. The first-order valence-corrected chi connectivity index (χ1v) is 9.52. The maximum Gasteiger partial charge on any atom is 0.129 e. The Morgan fingerprint density at radius 1 is 1.12 bits per heavy atom. The number of benzene rings is 2. The minimum absolute atomic E-state index is 0.252. The van der Waals surface area contributed by atoms with E-state index in [2.05, 4.69) is 54.9 Å². The van der Waals surface area contributed by atoms with Gasteiger partial charge in [0.25, 0.3) is 0 Å². The molecule has 0 radical (unpaired) electrons. The van der Waals surface area contributed by atoms with Crippen LogP contribution in [-0.4, -0.2) is 12.0 Å². The molecule has 0 bridgehead atoms. The third kappa shape index (κ3) is 4.27. The molecule has 0 saturated heterocycles. The van der Waals surface area contributed by atoms with Gasteiger partial charge in [-0.15, -0.1) is 11.3 Å². The van der Waals surface area contributed by atoms with Crippen LogP contribution in [0.3, 0.4) is 0 Å². The fourth-order valence-electron chi connectivity index (χ4n) is 2.59. The van der Waals surface area contributed by atoms with Crippen LogP contribution in [0.2, 0.25) is 0 Å². The third-order valence-electron chi connectivity index (χ3n) is 4.29. The Morgan fingerprint density at radius 2 is 1.92 bits per heavy atom. The molecule has 1 N–H and O–H groups in total.